The zero-order valence-corrected chi connectivity index (χ0v) is 15.0. The number of esters is 3. The molecule has 0 radical (unpaired) electrons. The predicted molar refractivity (Wildman–Crippen MR) is 85.9 cm³/mol. The SMILES string of the molecule is COC(=O)CCC1C(OC(C)=O)CC[C@]2(C)C(OC(C)=O)CC[C@@H]12. The lowest BCUT2D eigenvalue weighted by atomic mass is 9.61. The second-order valence-corrected chi connectivity index (χ2v) is 7.25. The van der Waals surface area contributed by atoms with Gasteiger partial charge in [-0.2, -0.15) is 0 Å². The number of carbonyl (C=O) groups is 3. The molecule has 2 aliphatic carbocycles. The minimum Gasteiger partial charge on any atom is -0.469 e. The number of ether oxygens (including phenoxy) is 3. The third-order valence-corrected chi connectivity index (χ3v) is 5.82. The molecule has 6 nitrogen and oxygen atoms in total. The Morgan fingerprint density at radius 1 is 1.04 bits per heavy atom. The summed E-state index contributed by atoms with van der Waals surface area (Å²) in [6.45, 7) is 5.02. The van der Waals surface area contributed by atoms with Crippen LogP contribution in [0.4, 0.5) is 0 Å². The summed E-state index contributed by atoms with van der Waals surface area (Å²) < 4.78 is 15.8. The van der Waals surface area contributed by atoms with Crippen molar-refractivity contribution in [3.05, 3.63) is 0 Å². The van der Waals surface area contributed by atoms with Gasteiger partial charge in [-0.15, -0.1) is 0 Å². The zero-order chi connectivity index (χ0) is 17.9. The van der Waals surface area contributed by atoms with Crippen LogP contribution in [-0.4, -0.2) is 37.2 Å². The van der Waals surface area contributed by atoms with Crippen LogP contribution in [0.15, 0.2) is 0 Å². The third-order valence-electron chi connectivity index (χ3n) is 5.82. The highest BCUT2D eigenvalue weighted by Gasteiger charge is 2.55. The van der Waals surface area contributed by atoms with Gasteiger partial charge in [0.15, 0.2) is 0 Å². The topological polar surface area (TPSA) is 78.9 Å². The van der Waals surface area contributed by atoms with E-state index in [9.17, 15) is 14.4 Å². The molecule has 0 aromatic rings. The van der Waals surface area contributed by atoms with Crippen LogP contribution in [0.25, 0.3) is 0 Å². The standard InChI is InChI=1S/C18H28O6/c1-11(19)23-15-9-10-18(3)14(6-7-16(18)24-12(2)20)13(15)5-8-17(21)22-4/h13-16H,5-10H2,1-4H3/t13?,14-,15?,16?,18-/m0/s1. The molecule has 0 N–H and O–H groups in total. The maximum Gasteiger partial charge on any atom is 0.305 e. The summed E-state index contributed by atoms with van der Waals surface area (Å²) >= 11 is 0. The highest BCUT2D eigenvalue weighted by molar-refractivity contribution is 5.69. The molecule has 3 unspecified atom stereocenters. The zero-order valence-electron chi connectivity index (χ0n) is 15.0. The fraction of sp³-hybridized carbons (Fsp3) is 0.833. The second kappa shape index (κ2) is 7.53. The van der Waals surface area contributed by atoms with Crippen molar-refractivity contribution in [3.8, 4) is 0 Å². The third kappa shape index (κ3) is 3.90. The summed E-state index contributed by atoms with van der Waals surface area (Å²) in [6, 6.07) is 0. The number of hydrogen-bond donors (Lipinski definition) is 0. The van der Waals surface area contributed by atoms with Gasteiger partial charge in [0.25, 0.3) is 0 Å². The van der Waals surface area contributed by atoms with E-state index in [0.29, 0.717) is 12.8 Å². The van der Waals surface area contributed by atoms with Gasteiger partial charge in [-0.1, -0.05) is 6.92 Å². The lowest BCUT2D eigenvalue weighted by Gasteiger charge is -2.47. The summed E-state index contributed by atoms with van der Waals surface area (Å²) in [6.07, 6.45) is 3.97. The lowest BCUT2D eigenvalue weighted by molar-refractivity contribution is -0.164. The minimum atomic E-state index is -0.291. The summed E-state index contributed by atoms with van der Waals surface area (Å²) in [5, 5.41) is 0. The van der Waals surface area contributed by atoms with Gasteiger partial charge in [-0.3, -0.25) is 14.4 Å². The van der Waals surface area contributed by atoms with Crippen molar-refractivity contribution in [3.63, 3.8) is 0 Å². The number of rotatable bonds is 5. The molecule has 0 bridgehead atoms. The Balaban J connectivity index is 2.17. The summed E-state index contributed by atoms with van der Waals surface area (Å²) in [5.41, 5.74) is -0.122. The largest absolute Gasteiger partial charge is 0.469 e. The molecule has 24 heavy (non-hydrogen) atoms. The van der Waals surface area contributed by atoms with E-state index in [1.807, 2.05) is 0 Å². The van der Waals surface area contributed by atoms with Crippen molar-refractivity contribution in [2.24, 2.45) is 17.3 Å². The average molecular weight is 340 g/mol. The molecule has 2 saturated carbocycles. The molecule has 0 aromatic carbocycles. The van der Waals surface area contributed by atoms with Crippen LogP contribution in [0, 0.1) is 17.3 Å². The van der Waals surface area contributed by atoms with Crippen LogP contribution in [0.2, 0.25) is 0 Å². The monoisotopic (exact) mass is 340 g/mol. The number of hydrogen-bond acceptors (Lipinski definition) is 6. The van der Waals surface area contributed by atoms with Crippen molar-refractivity contribution in [1.82, 2.24) is 0 Å². The summed E-state index contributed by atoms with van der Waals surface area (Å²) in [5.74, 6) is -0.438. The number of fused-ring (bicyclic) bond motifs is 1. The first-order chi connectivity index (χ1) is 11.3. The van der Waals surface area contributed by atoms with E-state index in [0.717, 1.165) is 25.7 Å². The Morgan fingerprint density at radius 2 is 1.71 bits per heavy atom. The summed E-state index contributed by atoms with van der Waals surface area (Å²) in [4.78, 5) is 34.4. The van der Waals surface area contributed by atoms with Crippen molar-refractivity contribution < 1.29 is 28.6 Å². The highest BCUT2D eigenvalue weighted by Crippen LogP contribution is 2.57. The summed E-state index contributed by atoms with van der Waals surface area (Å²) in [7, 11) is 1.38. The van der Waals surface area contributed by atoms with Gasteiger partial charge in [0.05, 0.1) is 7.11 Å². The maximum absolute atomic E-state index is 11.6. The molecule has 2 aliphatic rings. The van der Waals surface area contributed by atoms with Crippen LogP contribution in [0.1, 0.15) is 59.3 Å². The fourth-order valence-electron chi connectivity index (χ4n) is 4.73. The van der Waals surface area contributed by atoms with Crippen LogP contribution in [-0.2, 0) is 28.6 Å². The maximum atomic E-state index is 11.6. The minimum absolute atomic E-state index is 0.0901. The Hall–Kier alpha value is -1.59. The van der Waals surface area contributed by atoms with Gasteiger partial charge >= 0.3 is 17.9 Å². The van der Waals surface area contributed by atoms with Crippen LogP contribution < -0.4 is 0 Å². The predicted octanol–water partition coefficient (Wildman–Crippen LogP) is 2.63. The Labute approximate surface area is 143 Å². The molecule has 0 spiro atoms. The Bertz CT molecular complexity index is 502. The van der Waals surface area contributed by atoms with Crippen LogP contribution in [0.3, 0.4) is 0 Å². The van der Waals surface area contributed by atoms with Crippen molar-refractivity contribution in [1.29, 1.82) is 0 Å². The van der Waals surface area contributed by atoms with Crippen LogP contribution in [0.5, 0.6) is 0 Å². The molecule has 5 atom stereocenters. The van der Waals surface area contributed by atoms with Crippen molar-refractivity contribution in [2.45, 2.75) is 71.5 Å². The van der Waals surface area contributed by atoms with E-state index in [1.54, 1.807) is 0 Å². The molecular formula is C18H28O6. The van der Waals surface area contributed by atoms with E-state index >= 15 is 0 Å². The van der Waals surface area contributed by atoms with Crippen LogP contribution >= 0.6 is 0 Å². The normalized spacial score (nSPS) is 35.0. The van der Waals surface area contributed by atoms with Gasteiger partial charge in [0.2, 0.25) is 0 Å². The molecule has 136 valence electrons. The smallest absolute Gasteiger partial charge is 0.305 e. The Kier molecular flexibility index (Phi) is 5.88. The van der Waals surface area contributed by atoms with Gasteiger partial charge in [0.1, 0.15) is 12.2 Å². The molecule has 0 aliphatic heterocycles. The van der Waals surface area contributed by atoms with Gasteiger partial charge < -0.3 is 14.2 Å². The van der Waals surface area contributed by atoms with E-state index in [2.05, 4.69) is 6.92 Å². The van der Waals surface area contributed by atoms with Gasteiger partial charge in [-0.25, -0.2) is 0 Å². The lowest BCUT2D eigenvalue weighted by Crippen LogP contribution is -2.47. The molecule has 0 aromatic heterocycles. The van der Waals surface area contributed by atoms with Crippen molar-refractivity contribution in [2.75, 3.05) is 7.11 Å². The number of methoxy groups -OCH3 is 1. The first kappa shape index (κ1) is 18.7. The first-order valence-electron chi connectivity index (χ1n) is 8.69. The molecule has 2 rings (SSSR count). The van der Waals surface area contributed by atoms with E-state index in [1.165, 1.54) is 21.0 Å². The first-order valence-corrected chi connectivity index (χ1v) is 8.69. The molecule has 0 heterocycles. The fourth-order valence-corrected chi connectivity index (χ4v) is 4.73. The average Bonchev–Trinajstić information content (AvgIpc) is 2.82. The molecule has 6 heteroatoms. The Morgan fingerprint density at radius 3 is 2.29 bits per heavy atom. The molecular weight excluding hydrogens is 312 g/mol. The van der Waals surface area contributed by atoms with E-state index in [-0.39, 0.29) is 47.4 Å². The molecule has 2 fully saturated rings. The van der Waals surface area contributed by atoms with E-state index in [4.69, 9.17) is 14.2 Å². The molecule has 0 saturated heterocycles. The second-order valence-electron chi connectivity index (χ2n) is 7.25. The molecule has 0 amide bonds. The van der Waals surface area contributed by atoms with Gasteiger partial charge in [0, 0.05) is 25.7 Å². The quantitative estimate of drug-likeness (QED) is 0.565. The highest BCUT2D eigenvalue weighted by atomic mass is 16.5. The van der Waals surface area contributed by atoms with Gasteiger partial charge in [-0.05, 0) is 43.9 Å². The van der Waals surface area contributed by atoms with E-state index < -0.39 is 0 Å². The van der Waals surface area contributed by atoms with Crippen molar-refractivity contribution >= 4 is 17.9 Å². The number of carbonyl (C=O) groups excluding carboxylic acids is 3.